The lowest BCUT2D eigenvalue weighted by atomic mass is 10.2. The molecule has 0 fully saturated rings. The summed E-state index contributed by atoms with van der Waals surface area (Å²) in [6, 6.07) is 3.56. The van der Waals surface area contributed by atoms with Gasteiger partial charge in [0.1, 0.15) is 5.82 Å². The lowest BCUT2D eigenvalue weighted by molar-refractivity contribution is -0.118. The van der Waals surface area contributed by atoms with Crippen molar-refractivity contribution in [3.05, 3.63) is 23.4 Å². The summed E-state index contributed by atoms with van der Waals surface area (Å²) in [6.07, 6.45) is 3.76. The van der Waals surface area contributed by atoms with Crippen molar-refractivity contribution in [1.82, 2.24) is 4.98 Å². The summed E-state index contributed by atoms with van der Waals surface area (Å²) in [7, 11) is 0. The van der Waals surface area contributed by atoms with E-state index in [2.05, 4.69) is 10.3 Å². The molecule has 1 heterocycles. The van der Waals surface area contributed by atoms with Gasteiger partial charge in [-0.1, -0.05) is 11.6 Å². The maximum absolute atomic E-state index is 10.5. The van der Waals surface area contributed by atoms with Gasteiger partial charge in [0.2, 0.25) is 5.91 Å². The molecule has 1 aromatic heterocycles. The largest absolute Gasteiger partial charge is 0.370 e. The lowest BCUT2D eigenvalue weighted by Gasteiger charge is -2.05. The van der Waals surface area contributed by atoms with E-state index >= 15 is 0 Å². The first-order chi connectivity index (χ1) is 7.20. The number of hydrogen-bond donors (Lipinski definition) is 2. The number of anilines is 1. The zero-order valence-corrected chi connectivity index (χ0v) is 9.13. The van der Waals surface area contributed by atoms with Gasteiger partial charge in [-0.2, -0.15) is 0 Å². The third-order valence-corrected chi connectivity index (χ3v) is 2.21. The van der Waals surface area contributed by atoms with Crippen molar-refractivity contribution in [2.45, 2.75) is 19.3 Å². The van der Waals surface area contributed by atoms with Gasteiger partial charge in [-0.05, 0) is 25.0 Å². The number of nitrogens with one attached hydrogen (secondary N) is 1. The van der Waals surface area contributed by atoms with Gasteiger partial charge in [0.05, 0.1) is 5.02 Å². The van der Waals surface area contributed by atoms with Crippen molar-refractivity contribution < 1.29 is 4.79 Å². The van der Waals surface area contributed by atoms with Crippen molar-refractivity contribution in [3.63, 3.8) is 0 Å². The summed E-state index contributed by atoms with van der Waals surface area (Å²) in [4.78, 5) is 14.5. The molecule has 1 rings (SSSR count). The van der Waals surface area contributed by atoms with Crippen LogP contribution in [-0.2, 0) is 4.79 Å². The molecule has 0 aliphatic rings. The summed E-state index contributed by atoms with van der Waals surface area (Å²) in [5, 5.41) is 3.70. The smallest absolute Gasteiger partial charge is 0.217 e. The number of pyridine rings is 1. The quantitative estimate of drug-likeness (QED) is 0.729. The molecule has 0 atom stereocenters. The Bertz CT molecular complexity index is 330. The Balaban J connectivity index is 2.21. The number of unbranched alkanes of at least 4 members (excludes halogenated alkanes) is 1. The molecule has 0 aliphatic carbocycles. The number of carbonyl (C=O) groups excluding carboxylic acids is 1. The molecule has 0 unspecified atom stereocenters. The van der Waals surface area contributed by atoms with Crippen LogP contribution in [0.25, 0.3) is 0 Å². The fraction of sp³-hybridized carbons (Fsp3) is 0.400. The molecule has 82 valence electrons. The van der Waals surface area contributed by atoms with Crippen molar-refractivity contribution >= 4 is 23.3 Å². The summed E-state index contributed by atoms with van der Waals surface area (Å²) in [5.41, 5.74) is 5.02. The number of hydrogen-bond acceptors (Lipinski definition) is 3. The highest BCUT2D eigenvalue weighted by atomic mass is 35.5. The van der Waals surface area contributed by atoms with Gasteiger partial charge in [-0.15, -0.1) is 0 Å². The second-order valence-electron chi connectivity index (χ2n) is 3.18. The minimum Gasteiger partial charge on any atom is -0.370 e. The van der Waals surface area contributed by atoms with E-state index in [0.29, 0.717) is 17.3 Å². The number of rotatable bonds is 6. The van der Waals surface area contributed by atoms with E-state index in [1.807, 2.05) is 0 Å². The Morgan fingerprint density at radius 1 is 1.53 bits per heavy atom. The minimum absolute atomic E-state index is 0.258. The first-order valence-electron chi connectivity index (χ1n) is 4.83. The second kappa shape index (κ2) is 6.24. The van der Waals surface area contributed by atoms with Gasteiger partial charge < -0.3 is 11.1 Å². The third kappa shape index (κ3) is 4.65. The van der Waals surface area contributed by atoms with E-state index in [-0.39, 0.29) is 5.91 Å². The number of carbonyl (C=O) groups is 1. The second-order valence-corrected chi connectivity index (χ2v) is 3.59. The van der Waals surface area contributed by atoms with Gasteiger partial charge in [0.15, 0.2) is 0 Å². The van der Waals surface area contributed by atoms with Crippen LogP contribution in [0, 0.1) is 0 Å². The van der Waals surface area contributed by atoms with E-state index in [9.17, 15) is 4.79 Å². The molecule has 1 amide bonds. The van der Waals surface area contributed by atoms with Gasteiger partial charge in [0, 0.05) is 19.2 Å². The highest BCUT2D eigenvalue weighted by molar-refractivity contribution is 6.32. The molecular formula is C10H14ClN3O. The number of nitrogens with two attached hydrogens (primary N) is 1. The number of nitrogens with zero attached hydrogens (tertiary/aromatic N) is 1. The molecule has 0 bridgehead atoms. The maximum Gasteiger partial charge on any atom is 0.217 e. The van der Waals surface area contributed by atoms with Crippen LogP contribution in [-0.4, -0.2) is 17.4 Å². The Morgan fingerprint density at radius 2 is 2.33 bits per heavy atom. The van der Waals surface area contributed by atoms with Crippen LogP contribution in [0.15, 0.2) is 18.3 Å². The summed E-state index contributed by atoms with van der Waals surface area (Å²) in [6.45, 7) is 0.740. The summed E-state index contributed by atoms with van der Waals surface area (Å²) >= 11 is 5.89. The Labute approximate surface area is 93.8 Å². The van der Waals surface area contributed by atoms with E-state index in [4.69, 9.17) is 17.3 Å². The predicted molar refractivity (Wildman–Crippen MR) is 60.8 cm³/mol. The lowest BCUT2D eigenvalue weighted by Crippen LogP contribution is -2.11. The van der Waals surface area contributed by atoms with Crippen molar-refractivity contribution in [1.29, 1.82) is 0 Å². The topological polar surface area (TPSA) is 68.0 Å². The summed E-state index contributed by atoms with van der Waals surface area (Å²) < 4.78 is 0. The van der Waals surface area contributed by atoms with Crippen LogP contribution in [0.2, 0.25) is 5.02 Å². The average molecular weight is 228 g/mol. The molecule has 0 spiro atoms. The minimum atomic E-state index is -0.258. The highest BCUT2D eigenvalue weighted by Crippen LogP contribution is 2.17. The Hall–Kier alpha value is -1.29. The molecule has 0 aliphatic heterocycles. The van der Waals surface area contributed by atoms with Crippen molar-refractivity contribution in [3.8, 4) is 0 Å². The SMILES string of the molecule is NC(=O)CCCCNc1ncccc1Cl. The van der Waals surface area contributed by atoms with Gasteiger partial charge in [-0.25, -0.2) is 4.98 Å². The molecule has 0 radical (unpaired) electrons. The predicted octanol–water partition coefficient (Wildman–Crippen LogP) is 1.80. The van der Waals surface area contributed by atoms with Gasteiger partial charge in [-0.3, -0.25) is 4.79 Å². The standard InChI is InChI=1S/C10H14ClN3O/c11-8-4-3-7-14-10(8)13-6-2-1-5-9(12)15/h3-4,7H,1-2,5-6H2,(H2,12,15)(H,13,14). The maximum atomic E-state index is 10.5. The van der Waals surface area contributed by atoms with Crippen LogP contribution in [0.1, 0.15) is 19.3 Å². The molecule has 1 aromatic rings. The van der Waals surface area contributed by atoms with Gasteiger partial charge in [0.25, 0.3) is 0 Å². The number of halogens is 1. The molecule has 4 nitrogen and oxygen atoms in total. The Kier molecular flexibility index (Phi) is 4.90. The van der Waals surface area contributed by atoms with E-state index in [1.165, 1.54) is 0 Å². The van der Waals surface area contributed by atoms with Crippen LogP contribution >= 0.6 is 11.6 Å². The number of aromatic nitrogens is 1. The number of amides is 1. The molecular weight excluding hydrogens is 214 g/mol. The van der Waals surface area contributed by atoms with E-state index in [0.717, 1.165) is 19.4 Å². The summed E-state index contributed by atoms with van der Waals surface area (Å²) in [5.74, 6) is 0.420. The van der Waals surface area contributed by atoms with Gasteiger partial charge >= 0.3 is 0 Å². The van der Waals surface area contributed by atoms with Crippen molar-refractivity contribution in [2.75, 3.05) is 11.9 Å². The van der Waals surface area contributed by atoms with Crippen molar-refractivity contribution in [2.24, 2.45) is 5.73 Å². The number of primary amides is 1. The van der Waals surface area contributed by atoms with Crippen LogP contribution in [0.4, 0.5) is 5.82 Å². The van der Waals surface area contributed by atoms with E-state index < -0.39 is 0 Å². The van der Waals surface area contributed by atoms with E-state index in [1.54, 1.807) is 18.3 Å². The molecule has 15 heavy (non-hydrogen) atoms. The molecule has 0 saturated carbocycles. The zero-order valence-electron chi connectivity index (χ0n) is 8.37. The fourth-order valence-corrected chi connectivity index (χ4v) is 1.34. The fourth-order valence-electron chi connectivity index (χ4n) is 1.15. The zero-order chi connectivity index (χ0) is 11.1. The Morgan fingerprint density at radius 3 is 3.00 bits per heavy atom. The first kappa shape index (κ1) is 11.8. The molecule has 0 saturated heterocycles. The average Bonchev–Trinajstić information content (AvgIpc) is 2.20. The highest BCUT2D eigenvalue weighted by Gasteiger charge is 1.99. The normalized spacial score (nSPS) is 9.93. The van der Waals surface area contributed by atoms with Crippen LogP contribution in [0.5, 0.6) is 0 Å². The molecule has 3 N–H and O–H groups in total. The first-order valence-corrected chi connectivity index (χ1v) is 5.20. The van der Waals surface area contributed by atoms with Crippen LogP contribution < -0.4 is 11.1 Å². The molecule has 5 heteroatoms. The van der Waals surface area contributed by atoms with Crippen LogP contribution in [0.3, 0.4) is 0 Å². The monoisotopic (exact) mass is 227 g/mol. The molecule has 0 aromatic carbocycles. The third-order valence-electron chi connectivity index (χ3n) is 1.90.